The molecule has 1 aliphatic rings. The van der Waals surface area contributed by atoms with Crippen molar-refractivity contribution in [3.05, 3.63) is 52.4 Å². The summed E-state index contributed by atoms with van der Waals surface area (Å²) in [4.78, 5) is 28.9. The Hall–Kier alpha value is -4.24. The maximum atomic E-state index is 13.5. The number of aryl methyl sites for hydroxylation is 2. The lowest BCUT2D eigenvalue weighted by molar-refractivity contribution is 0.0158. The number of hydrogen-bond donors (Lipinski definition) is 0. The van der Waals surface area contributed by atoms with Crippen molar-refractivity contribution in [2.24, 2.45) is 0 Å². The van der Waals surface area contributed by atoms with Gasteiger partial charge in [0, 0.05) is 50.0 Å². The molecule has 0 aliphatic carbocycles. The number of piperazine rings is 1. The predicted octanol–water partition coefficient (Wildman–Crippen LogP) is 5.95. The monoisotopic (exact) mass is 590 g/mol. The zero-order valence-electron chi connectivity index (χ0n) is 25.0. The third-order valence-electron chi connectivity index (χ3n) is 7.17. The largest absolute Gasteiger partial charge is 0.444 e. The van der Waals surface area contributed by atoms with Crippen molar-refractivity contribution < 1.29 is 13.9 Å². The van der Waals surface area contributed by atoms with Gasteiger partial charge in [-0.1, -0.05) is 18.3 Å². The number of ether oxygens (including phenoxy) is 1. The predicted molar refractivity (Wildman–Crippen MR) is 162 cm³/mol. The van der Waals surface area contributed by atoms with E-state index in [4.69, 9.17) is 19.8 Å². The van der Waals surface area contributed by atoms with Crippen molar-refractivity contribution in [3.63, 3.8) is 0 Å². The number of benzene rings is 1. The fourth-order valence-corrected chi connectivity index (χ4v) is 5.96. The number of carbonyl (C=O) groups excluding carboxylic acids is 1. The van der Waals surface area contributed by atoms with Crippen LogP contribution in [0.25, 0.3) is 16.9 Å². The van der Waals surface area contributed by atoms with Crippen molar-refractivity contribution >= 4 is 39.7 Å². The summed E-state index contributed by atoms with van der Waals surface area (Å²) in [6, 6.07) is 10.2. The summed E-state index contributed by atoms with van der Waals surface area (Å²) < 4.78 is 21.0. The van der Waals surface area contributed by atoms with E-state index >= 15 is 0 Å². The number of hydrogen-bond acceptors (Lipinski definition) is 9. The van der Waals surface area contributed by atoms with Gasteiger partial charge >= 0.3 is 6.09 Å². The van der Waals surface area contributed by atoms with Gasteiger partial charge in [-0.2, -0.15) is 10.4 Å². The molecule has 4 aromatic rings. The Morgan fingerprint density at radius 3 is 2.57 bits per heavy atom. The second-order valence-electron chi connectivity index (χ2n) is 11.5. The lowest BCUT2D eigenvalue weighted by Crippen LogP contribution is -2.55. The van der Waals surface area contributed by atoms with E-state index in [1.165, 1.54) is 23.5 Å². The van der Waals surface area contributed by atoms with Gasteiger partial charge in [-0.05, 0) is 65.3 Å². The summed E-state index contributed by atoms with van der Waals surface area (Å²) in [5, 5.41) is 15.3. The van der Waals surface area contributed by atoms with E-state index in [-0.39, 0.29) is 18.0 Å². The first kappa shape index (κ1) is 29.3. The SMILES string of the molecule is CCc1nn2c(C)cc(N3CCN(C(=O)OC(C)(C)C)C(C)C3)nc2c1N(C)c1nc(-c2ccc(F)cc2)c(C#N)s1. The van der Waals surface area contributed by atoms with Gasteiger partial charge in [-0.25, -0.2) is 23.7 Å². The highest BCUT2D eigenvalue weighted by Crippen LogP contribution is 2.38. The molecule has 42 heavy (non-hydrogen) atoms. The van der Waals surface area contributed by atoms with Gasteiger partial charge in [0.25, 0.3) is 0 Å². The minimum atomic E-state index is -0.551. The zero-order valence-corrected chi connectivity index (χ0v) is 25.8. The lowest BCUT2D eigenvalue weighted by Gasteiger charge is -2.40. The molecule has 12 heteroatoms. The van der Waals surface area contributed by atoms with Crippen molar-refractivity contribution in [2.75, 3.05) is 36.5 Å². The number of aromatic nitrogens is 4. The molecule has 1 aromatic carbocycles. The van der Waals surface area contributed by atoms with Gasteiger partial charge in [-0.3, -0.25) is 0 Å². The average molecular weight is 591 g/mol. The molecule has 0 saturated carbocycles. The molecule has 5 rings (SSSR count). The summed E-state index contributed by atoms with van der Waals surface area (Å²) in [6.45, 7) is 13.4. The number of nitrogens with zero attached hydrogens (tertiary/aromatic N) is 8. The third kappa shape index (κ3) is 5.61. The topological polar surface area (TPSA) is 103 Å². The van der Waals surface area contributed by atoms with E-state index < -0.39 is 5.60 Å². The normalized spacial score (nSPS) is 15.6. The minimum Gasteiger partial charge on any atom is -0.444 e. The lowest BCUT2D eigenvalue weighted by atomic mass is 10.1. The molecule has 10 nitrogen and oxygen atoms in total. The van der Waals surface area contributed by atoms with Crippen LogP contribution in [0.5, 0.6) is 0 Å². The second-order valence-corrected chi connectivity index (χ2v) is 12.4. The summed E-state index contributed by atoms with van der Waals surface area (Å²) in [6.07, 6.45) is 0.367. The molecular formula is C30H35FN8O2S. The highest BCUT2D eigenvalue weighted by atomic mass is 32.1. The van der Waals surface area contributed by atoms with Crippen molar-refractivity contribution in [3.8, 4) is 17.3 Å². The van der Waals surface area contributed by atoms with E-state index in [0.29, 0.717) is 53.0 Å². The minimum absolute atomic E-state index is 0.0604. The van der Waals surface area contributed by atoms with Gasteiger partial charge in [0.15, 0.2) is 10.8 Å². The third-order valence-corrected chi connectivity index (χ3v) is 8.21. The van der Waals surface area contributed by atoms with Crippen LogP contribution in [0.1, 0.15) is 50.9 Å². The van der Waals surface area contributed by atoms with Crippen LogP contribution in [0, 0.1) is 24.1 Å². The molecule has 0 N–H and O–H groups in total. The molecule has 1 atom stereocenters. The number of nitriles is 1. The quantitative estimate of drug-likeness (QED) is 0.281. The highest BCUT2D eigenvalue weighted by molar-refractivity contribution is 7.16. The van der Waals surface area contributed by atoms with Crippen molar-refractivity contribution in [1.82, 2.24) is 24.5 Å². The smallest absolute Gasteiger partial charge is 0.410 e. The molecule has 1 unspecified atom stereocenters. The molecule has 0 radical (unpaired) electrons. The van der Waals surface area contributed by atoms with Crippen molar-refractivity contribution in [1.29, 1.82) is 5.26 Å². The van der Waals surface area contributed by atoms with Gasteiger partial charge in [0.1, 0.15) is 39.6 Å². The molecule has 1 amide bonds. The fraction of sp³-hybridized carbons (Fsp3) is 0.433. The first-order chi connectivity index (χ1) is 19.9. The Morgan fingerprint density at radius 2 is 1.95 bits per heavy atom. The Morgan fingerprint density at radius 1 is 1.24 bits per heavy atom. The number of amides is 1. The molecule has 0 spiro atoms. The van der Waals surface area contributed by atoms with Crippen LogP contribution in [0.3, 0.4) is 0 Å². The van der Waals surface area contributed by atoms with Crippen LogP contribution in [-0.2, 0) is 11.2 Å². The number of rotatable bonds is 5. The Labute approximate surface area is 249 Å². The van der Waals surface area contributed by atoms with Crippen LogP contribution in [0.2, 0.25) is 0 Å². The second kappa shape index (κ2) is 11.2. The average Bonchev–Trinajstić information content (AvgIpc) is 3.54. The number of carbonyl (C=O) groups is 1. The van der Waals surface area contributed by atoms with E-state index in [0.717, 1.165) is 22.9 Å². The molecule has 1 aliphatic heterocycles. The van der Waals surface area contributed by atoms with E-state index in [9.17, 15) is 14.4 Å². The molecule has 0 bridgehead atoms. The number of thiazole rings is 1. The summed E-state index contributed by atoms with van der Waals surface area (Å²) in [5.41, 5.74) is 3.91. The Balaban J connectivity index is 1.49. The maximum absolute atomic E-state index is 13.5. The van der Waals surface area contributed by atoms with Crippen LogP contribution in [-0.4, -0.2) is 68.9 Å². The Kier molecular flexibility index (Phi) is 7.81. The van der Waals surface area contributed by atoms with Gasteiger partial charge in [0.2, 0.25) is 0 Å². The molecule has 1 saturated heterocycles. The summed E-state index contributed by atoms with van der Waals surface area (Å²) in [5.74, 6) is 0.457. The van der Waals surface area contributed by atoms with Gasteiger partial charge < -0.3 is 19.4 Å². The van der Waals surface area contributed by atoms with E-state index in [1.54, 1.807) is 17.0 Å². The number of halogens is 1. The van der Waals surface area contributed by atoms with Gasteiger partial charge in [0.05, 0.1) is 5.69 Å². The first-order valence-corrected chi connectivity index (χ1v) is 14.8. The number of fused-ring (bicyclic) bond motifs is 1. The fourth-order valence-electron chi connectivity index (χ4n) is 5.11. The first-order valence-electron chi connectivity index (χ1n) is 13.9. The van der Waals surface area contributed by atoms with Crippen LogP contribution in [0.15, 0.2) is 30.3 Å². The highest BCUT2D eigenvalue weighted by Gasteiger charge is 2.32. The molecule has 1 fully saturated rings. The van der Waals surface area contributed by atoms with E-state index in [2.05, 4.69) is 11.0 Å². The summed E-state index contributed by atoms with van der Waals surface area (Å²) >= 11 is 1.27. The zero-order chi connectivity index (χ0) is 30.3. The molecule has 4 heterocycles. The molecular weight excluding hydrogens is 555 g/mol. The van der Waals surface area contributed by atoms with Crippen LogP contribution in [0.4, 0.5) is 25.8 Å². The maximum Gasteiger partial charge on any atom is 0.410 e. The standard InChI is InChI=1S/C30H35FN8O2S/c1-8-22-26(36(7)28-34-25(23(16-32)42-28)20-9-11-21(31)12-10-20)27-33-24(15-18(2)39(27)35-22)37-13-14-38(19(3)17-37)29(40)41-30(4,5)6/h9-12,15,19H,8,13-14,17H2,1-7H3. The van der Waals surface area contributed by atoms with Crippen LogP contribution >= 0.6 is 11.3 Å². The van der Waals surface area contributed by atoms with Crippen molar-refractivity contribution in [2.45, 2.75) is 59.6 Å². The molecule has 220 valence electrons. The Bertz CT molecular complexity index is 1670. The van der Waals surface area contributed by atoms with Gasteiger partial charge in [-0.15, -0.1) is 0 Å². The number of anilines is 3. The summed E-state index contributed by atoms with van der Waals surface area (Å²) in [7, 11) is 1.90. The van der Waals surface area contributed by atoms with E-state index in [1.807, 2.05) is 64.1 Å². The molecule has 3 aromatic heterocycles. The van der Waals surface area contributed by atoms with Crippen LogP contribution < -0.4 is 9.80 Å².